The highest BCUT2D eigenvalue weighted by Gasteiger charge is 2.17. The Balaban J connectivity index is 1.52. The first kappa shape index (κ1) is 12.7. The summed E-state index contributed by atoms with van der Waals surface area (Å²) >= 11 is 0. The van der Waals surface area contributed by atoms with Crippen molar-refractivity contribution in [1.29, 1.82) is 0 Å². The SMILES string of the molecule is c1nc(NCC2CCC2)cc(NC2CCNCC2)n1. The maximum absolute atomic E-state index is 4.31. The number of aromatic nitrogens is 2. The third kappa shape index (κ3) is 3.56. The molecule has 2 fully saturated rings. The number of nitrogens with zero attached hydrogens (tertiary/aromatic N) is 2. The number of rotatable bonds is 5. The van der Waals surface area contributed by atoms with Crippen LogP contribution in [0.5, 0.6) is 0 Å². The van der Waals surface area contributed by atoms with Gasteiger partial charge in [-0.1, -0.05) is 6.42 Å². The Kier molecular flexibility index (Phi) is 4.13. The van der Waals surface area contributed by atoms with Crippen LogP contribution in [-0.2, 0) is 0 Å². The Morgan fingerprint density at radius 2 is 1.89 bits per heavy atom. The van der Waals surface area contributed by atoms with Gasteiger partial charge in [0.1, 0.15) is 18.0 Å². The summed E-state index contributed by atoms with van der Waals surface area (Å²) in [7, 11) is 0. The van der Waals surface area contributed by atoms with Crippen LogP contribution in [0.15, 0.2) is 12.4 Å². The second-order valence-electron chi connectivity index (χ2n) is 5.63. The first-order valence-electron chi connectivity index (χ1n) is 7.43. The average molecular weight is 261 g/mol. The van der Waals surface area contributed by atoms with Crippen LogP contribution < -0.4 is 16.0 Å². The fraction of sp³-hybridized carbons (Fsp3) is 0.714. The highest BCUT2D eigenvalue weighted by atomic mass is 15.1. The van der Waals surface area contributed by atoms with Crippen molar-refractivity contribution in [3.05, 3.63) is 12.4 Å². The summed E-state index contributed by atoms with van der Waals surface area (Å²) in [5.41, 5.74) is 0. The monoisotopic (exact) mass is 261 g/mol. The van der Waals surface area contributed by atoms with Gasteiger partial charge >= 0.3 is 0 Å². The third-order valence-corrected chi connectivity index (χ3v) is 4.15. The van der Waals surface area contributed by atoms with Crippen molar-refractivity contribution in [1.82, 2.24) is 15.3 Å². The van der Waals surface area contributed by atoms with Gasteiger partial charge in [-0.05, 0) is 44.7 Å². The molecule has 0 radical (unpaired) electrons. The molecule has 1 saturated heterocycles. The van der Waals surface area contributed by atoms with Crippen molar-refractivity contribution >= 4 is 11.6 Å². The fourth-order valence-electron chi connectivity index (χ4n) is 2.65. The largest absolute Gasteiger partial charge is 0.370 e. The first-order chi connectivity index (χ1) is 9.40. The van der Waals surface area contributed by atoms with Gasteiger partial charge in [0.2, 0.25) is 0 Å². The standard InChI is InChI=1S/C14H23N5/c1-2-11(3-1)9-16-13-8-14(18-10-17-13)19-12-4-6-15-7-5-12/h8,10-12,15H,1-7,9H2,(H2,16,17,18,19). The van der Waals surface area contributed by atoms with Gasteiger partial charge < -0.3 is 16.0 Å². The van der Waals surface area contributed by atoms with Crippen LogP contribution in [0.4, 0.5) is 11.6 Å². The van der Waals surface area contributed by atoms with Gasteiger partial charge in [-0.25, -0.2) is 9.97 Å². The smallest absolute Gasteiger partial charge is 0.131 e. The number of hydrogen-bond donors (Lipinski definition) is 3. The summed E-state index contributed by atoms with van der Waals surface area (Å²) in [6.45, 7) is 3.23. The molecule has 1 saturated carbocycles. The van der Waals surface area contributed by atoms with Crippen molar-refractivity contribution in [2.45, 2.75) is 38.1 Å². The molecule has 0 aromatic carbocycles. The van der Waals surface area contributed by atoms with Crippen LogP contribution in [0.1, 0.15) is 32.1 Å². The lowest BCUT2D eigenvalue weighted by atomic mass is 9.85. The Hall–Kier alpha value is -1.36. The number of piperidine rings is 1. The van der Waals surface area contributed by atoms with E-state index in [1.807, 2.05) is 6.07 Å². The molecule has 0 atom stereocenters. The average Bonchev–Trinajstić information content (AvgIpc) is 2.39. The van der Waals surface area contributed by atoms with Gasteiger partial charge in [-0.3, -0.25) is 0 Å². The van der Waals surface area contributed by atoms with E-state index in [1.54, 1.807) is 6.33 Å². The summed E-state index contributed by atoms with van der Waals surface area (Å²) in [5, 5.41) is 10.3. The van der Waals surface area contributed by atoms with Crippen molar-refractivity contribution in [2.24, 2.45) is 5.92 Å². The molecule has 3 rings (SSSR count). The van der Waals surface area contributed by atoms with Gasteiger partial charge in [-0.2, -0.15) is 0 Å². The molecular formula is C14H23N5. The van der Waals surface area contributed by atoms with E-state index in [2.05, 4.69) is 25.9 Å². The summed E-state index contributed by atoms with van der Waals surface area (Å²) < 4.78 is 0. The lowest BCUT2D eigenvalue weighted by Gasteiger charge is -2.26. The first-order valence-corrected chi connectivity index (χ1v) is 7.43. The van der Waals surface area contributed by atoms with E-state index >= 15 is 0 Å². The fourth-order valence-corrected chi connectivity index (χ4v) is 2.65. The van der Waals surface area contributed by atoms with E-state index in [4.69, 9.17) is 0 Å². The minimum Gasteiger partial charge on any atom is -0.370 e. The van der Waals surface area contributed by atoms with Gasteiger partial charge in [0.05, 0.1) is 0 Å². The Bertz CT molecular complexity index is 399. The van der Waals surface area contributed by atoms with Crippen LogP contribution in [0.3, 0.4) is 0 Å². The minimum absolute atomic E-state index is 0.538. The van der Waals surface area contributed by atoms with Crippen LogP contribution in [0.2, 0.25) is 0 Å². The maximum Gasteiger partial charge on any atom is 0.131 e. The quantitative estimate of drug-likeness (QED) is 0.755. The van der Waals surface area contributed by atoms with E-state index < -0.39 is 0 Å². The molecule has 0 bridgehead atoms. The van der Waals surface area contributed by atoms with E-state index in [1.165, 1.54) is 19.3 Å². The van der Waals surface area contributed by atoms with Crippen LogP contribution in [0, 0.1) is 5.92 Å². The zero-order chi connectivity index (χ0) is 12.9. The molecule has 1 aromatic heterocycles. The second kappa shape index (κ2) is 6.19. The summed E-state index contributed by atoms with van der Waals surface area (Å²) in [6, 6.07) is 2.57. The van der Waals surface area contributed by atoms with Crippen molar-refractivity contribution in [2.75, 3.05) is 30.3 Å². The normalized spacial score (nSPS) is 20.8. The summed E-state index contributed by atoms with van der Waals surface area (Å²) in [6.07, 6.45) is 8.07. The minimum atomic E-state index is 0.538. The molecule has 5 nitrogen and oxygen atoms in total. The topological polar surface area (TPSA) is 61.9 Å². The Morgan fingerprint density at radius 1 is 1.11 bits per heavy atom. The molecule has 104 valence electrons. The number of anilines is 2. The molecule has 2 heterocycles. The Morgan fingerprint density at radius 3 is 2.63 bits per heavy atom. The second-order valence-corrected chi connectivity index (χ2v) is 5.63. The van der Waals surface area contributed by atoms with Crippen LogP contribution >= 0.6 is 0 Å². The van der Waals surface area contributed by atoms with Crippen LogP contribution in [-0.4, -0.2) is 35.6 Å². The third-order valence-electron chi connectivity index (χ3n) is 4.15. The molecule has 1 aromatic rings. The lowest BCUT2D eigenvalue weighted by molar-refractivity contribution is 0.333. The van der Waals surface area contributed by atoms with Crippen molar-refractivity contribution in [3.8, 4) is 0 Å². The van der Waals surface area contributed by atoms with Crippen LogP contribution in [0.25, 0.3) is 0 Å². The molecule has 1 aliphatic carbocycles. The predicted octanol–water partition coefficient (Wildman–Crippen LogP) is 1.85. The van der Waals surface area contributed by atoms with E-state index in [0.717, 1.165) is 50.0 Å². The number of nitrogens with one attached hydrogen (secondary N) is 3. The summed E-state index contributed by atoms with van der Waals surface area (Å²) in [4.78, 5) is 8.60. The molecule has 5 heteroatoms. The van der Waals surface area contributed by atoms with Gasteiger partial charge in [0.15, 0.2) is 0 Å². The molecule has 0 unspecified atom stereocenters. The van der Waals surface area contributed by atoms with Crippen molar-refractivity contribution in [3.63, 3.8) is 0 Å². The van der Waals surface area contributed by atoms with E-state index in [0.29, 0.717) is 6.04 Å². The molecule has 3 N–H and O–H groups in total. The van der Waals surface area contributed by atoms with E-state index in [9.17, 15) is 0 Å². The molecule has 19 heavy (non-hydrogen) atoms. The zero-order valence-electron chi connectivity index (χ0n) is 11.4. The highest BCUT2D eigenvalue weighted by Crippen LogP contribution is 2.26. The molecule has 0 spiro atoms. The maximum atomic E-state index is 4.31. The van der Waals surface area contributed by atoms with E-state index in [-0.39, 0.29) is 0 Å². The van der Waals surface area contributed by atoms with Gasteiger partial charge in [-0.15, -0.1) is 0 Å². The number of hydrogen-bond acceptors (Lipinski definition) is 5. The van der Waals surface area contributed by atoms with Gasteiger partial charge in [0, 0.05) is 18.7 Å². The van der Waals surface area contributed by atoms with Gasteiger partial charge in [0.25, 0.3) is 0 Å². The highest BCUT2D eigenvalue weighted by molar-refractivity contribution is 5.47. The summed E-state index contributed by atoms with van der Waals surface area (Å²) in [5.74, 6) is 2.73. The molecule has 2 aliphatic rings. The Labute approximate surface area is 114 Å². The zero-order valence-corrected chi connectivity index (χ0v) is 11.4. The molecular weight excluding hydrogens is 238 g/mol. The molecule has 0 amide bonds. The lowest BCUT2D eigenvalue weighted by Crippen LogP contribution is -2.35. The predicted molar refractivity (Wildman–Crippen MR) is 77.4 cm³/mol. The molecule has 1 aliphatic heterocycles. The van der Waals surface area contributed by atoms with Crippen molar-refractivity contribution < 1.29 is 0 Å².